The number of urea groups is 1. The monoisotopic (exact) mass is 535 g/mol. The molecule has 5 aromatic rings. The van der Waals surface area contributed by atoms with Gasteiger partial charge in [0.25, 0.3) is 0 Å². The molecule has 0 bridgehead atoms. The van der Waals surface area contributed by atoms with Crippen molar-refractivity contribution >= 4 is 28.3 Å². The van der Waals surface area contributed by atoms with Crippen LogP contribution in [0.15, 0.2) is 67.1 Å². The molecule has 10 heteroatoms. The van der Waals surface area contributed by atoms with E-state index in [1.54, 1.807) is 0 Å². The molecule has 2 fully saturated rings. The van der Waals surface area contributed by atoms with Gasteiger partial charge in [-0.3, -0.25) is 4.68 Å². The first kappa shape index (κ1) is 24.6. The van der Waals surface area contributed by atoms with Crippen LogP contribution >= 0.6 is 0 Å². The molecule has 204 valence electrons. The molecule has 2 saturated heterocycles. The molecule has 0 radical (unpaired) electrons. The SMILES string of the molecule is CN1CCN(C(=O)N2CCC(c3cc(-c4ccc5cn(Cc6ccccc6)nc5c4)c4c(N)ncnn34)C2)CC1. The van der Waals surface area contributed by atoms with Gasteiger partial charge in [-0.2, -0.15) is 10.2 Å². The molecular weight excluding hydrogens is 502 g/mol. The van der Waals surface area contributed by atoms with Gasteiger partial charge < -0.3 is 20.4 Å². The Labute approximate surface area is 232 Å². The Hall–Kier alpha value is -4.44. The molecule has 3 aromatic heterocycles. The van der Waals surface area contributed by atoms with E-state index in [0.29, 0.717) is 12.4 Å². The number of anilines is 1. The van der Waals surface area contributed by atoms with Crippen molar-refractivity contribution in [1.82, 2.24) is 39.1 Å². The highest BCUT2D eigenvalue weighted by Gasteiger charge is 2.33. The van der Waals surface area contributed by atoms with Crippen LogP contribution in [0, 0.1) is 0 Å². The summed E-state index contributed by atoms with van der Waals surface area (Å²) in [5, 5.41) is 10.5. The number of piperazine rings is 1. The van der Waals surface area contributed by atoms with Crippen LogP contribution in [-0.2, 0) is 6.54 Å². The molecule has 5 heterocycles. The fourth-order valence-corrected chi connectivity index (χ4v) is 6.06. The quantitative estimate of drug-likeness (QED) is 0.378. The largest absolute Gasteiger partial charge is 0.382 e. The number of carbonyl (C=O) groups excluding carboxylic acids is 1. The van der Waals surface area contributed by atoms with Crippen LogP contribution in [0.2, 0.25) is 0 Å². The summed E-state index contributed by atoms with van der Waals surface area (Å²) >= 11 is 0. The van der Waals surface area contributed by atoms with Crippen molar-refractivity contribution in [3.05, 3.63) is 78.4 Å². The first-order valence-corrected chi connectivity index (χ1v) is 13.9. The van der Waals surface area contributed by atoms with Gasteiger partial charge in [-0.1, -0.05) is 42.5 Å². The molecule has 10 nitrogen and oxygen atoms in total. The highest BCUT2D eigenvalue weighted by molar-refractivity contribution is 5.92. The molecule has 1 unspecified atom stereocenters. The molecule has 2 aromatic carbocycles. The second-order valence-corrected chi connectivity index (χ2v) is 11.0. The maximum absolute atomic E-state index is 13.2. The smallest absolute Gasteiger partial charge is 0.320 e. The highest BCUT2D eigenvalue weighted by atomic mass is 16.2. The second kappa shape index (κ2) is 9.95. The van der Waals surface area contributed by atoms with Gasteiger partial charge in [0, 0.05) is 68.0 Å². The summed E-state index contributed by atoms with van der Waals surface area (Å²) in [6, 6.07) is 19.0. The summed E-state index contributed by atoms with van der Waals surface area (Å²) < 4.78 is 3.90. The molecule has 2 aliphatic rings. The van der Waals surface area contributed by atoms with Gasteiger partial charge in [0.2, 0.25) is 0 Å². The van der Waals surface area contributed by atoms with Crippen LogP contribution in [0.1, 0.15) is 23.6 Å². The number of nitrogens with two attached hydrogens (primary N) is 1. The van der Waals surface area contributed by atoms with Crippen LogP contribution in [0.3, 0.4) is 0 Å². The number of likely N-dealkylation sites (N-methyl/N-ethyl adjacent to an activating group) is 1. The van der Waals surface area contributed by atoms with E-state index in [4.69, 9.17) is 10.8 Å². The molecular formula is C30H33N9O. The van der Waals surface area contributed by atoms with Crippen molar-refractivity contribution in [3.8, 4) is 11.1 Å². The standard InChI is InChI=1S/C30H33N9O/c1-35-11-13-36(14-12-35)30(40)37-10-9-24(18-37)27-16-25(28-29(31)32-20-33-39(27)28)22-7-8-23-19-38(34-26(23)15-22)17-21-5-3-2-4-6-21/h2-8,15-16,19-20,24H,9-14,17-18H2,1H3,(H2,31,32,33). The zero-order valence-corrected chi connectivity index (χ0v) is 22.6. The van der Waals surface area contributed by atoms with Crippen molar-refractivity contribution < 1.29 is 4.79 Å². The Kier molecular flexibility index (Phi) is 6.11. The normalized spacial score (nSPS) is 18.3. The maximum atomic E-state index is 13.2. The third kappa shape index (κ3) is 4.44. The van der Waals surface area contributed by atoms with E-state index in [0.717, 1.165) is 78.9 Å². The third-order valence-corrected chi connectivity index (χ3v) is 8.31. The highest BCUT2D eigenvalue weighted by Crippen LogP contribution is 2.37. The van der Waals surface area contributed by atoms with Gasteiger partial charge in [0.05, 0.1) is 12.1 Å². The minimum atomic E-state index is 0.141. The Morgan fingerprint density at radius 2 is 1.82 bits per heavy atom. The molecule has 1 atom stereocenters. The van der Waals surface area contributed by atoms with Gasteiger partial charge in [-0.15, -0.1) is 0 Å². The number of aromatic nitrogens is 5. The average molecular weight is 536 g/mol. The average Bonchev–Trinajstić information content (AvgIpc) is 3.70. The molecule has 2 aliphatic heterocycles. The van der Waals surface area contributed by atoms with Gasteiger partial charge in [-0.25, -0.2) is 14.3 Å². The zero-order valence-electron chi connectivity index (χ0n) is 22.6. The number of carbonyl (C=O) groups is 1. The molecule has 0 saturated carbocycles. The lowest BCUT2D eigenvalue weighted by molar-refractivity contribution is 0.128. The first-order chi connectivity index (χ1) is 19.5. The number of benzene rings is 2. The van der Waals surface area contributed by atoms with Gasteiger partial charge >= 0.3 is 6.03 Å². The van der Waals surface area contributed by atoms with Crippen LogP contribution in [0.5, 0.6) is 0 Å². The summed E-state index contributed by atoms with van der Waals surface area (Å²) in [6.45, 7) is 5.52. The minimum absolute atomic E-state index is 0.141. The molecule has 40 heavy (non-hydrogen) atoms. The van der Waals surface area contributed by atoms with E-state index >= 15 is 0 Å². The van der Waals surface area contributed by atoms with Crippen LogP contribution < -0.4 is 5.73 Å². The Morgan fingerprint density at radius 1 is 1.00 bits per heavy atom. The summed E-state index contributed by atoms with van der Waals surface area (Å²) in [5.74, 6) is 0.607. The molecule has 0 spiro atoms. The number of hydrogen-bond donors (Lipinski definition) is 1. The van der Waals surface area contributed by atoms with E-state index in [1.165, 1.54) is 11.9 Å². The van der Waals surface area contributed by atoms with Crippen LogP contribution in [0.25, 0.3) is 27.5 Å². The number of likely N-dealkylation sites (tertiary alicyclic amines) is 1. The predicted octanol–water partition coefficient (Wildman–Crippen LogP) is 3.53. The Morgan fingerprint density at radius 3 is 2.65 bits per heavy atom. The molecule has 2 N–H and O–H groups in total. The van der Waals surface area contributed by atoms with Gasteiger partial charge in [-0.05, 0) is 36.7 Å². The lowest BCUT2D eigenvalue weighted by atomic mass is 10.0. The van der Waals surface area contributed by atoms with Gasteiger partial charge in [0.15, 0.2) is 5.82 Å². The van der Waals surface area contributed by atoms with Crippen molar-refractivity contribution in [2.24, 2.45) is 0 Å². The lowest BCUT2D eigenvalue weighted by Crippen LogP contribution is -2.51. The maximum Gasteiger partial charge on any atom is 0.320 e. The van der Waals surface area contributed by atoms with Crippen molar-refractivity contribution in [3.63, 3.8) is 0 Å². The van der Waals surface area contributed by atoms with E-state index in [-0.39, 0.29) is 11.9 Å². The number of rotatable bonds is 4. The fourth-order valence-electron chi connectivity index (χ4n) is 6.06. The number of hydrogen-bond acceptors (Lipinski definition) is 6. The fraction of sp³-hybridized carbons (Fsp3) is 0.333. The van der Waals surface area contributed by atoms with E-state index in [2.05, 4.69) is 64.6 Å². The van der Waals surface area contributed by atoms with Crippen LogP contribution in [0.4, 0.5) is 10.6 Å². The predicted molar refractivity (Wildman–Crippen MR) is 155 cm³/mol. The molecule has 7 rings (SSSR count). The van der Waals surface area contributed by atoms with E-state index in [1.807, 2.05) is 37.2 Å². The lowest BCUT2D eigenvalue weighted by Gasteiger charge is -2.35. The summed E-state index contributed by atoms with van der Waals surface area (Å²) in [6.07, 6.45) is 4.47. The van der Waals surface area contributed by atoms with Gasteiger partial charge in [0.1, 0.15) is 11.8 Å². The summed E-state index contributed by atoms with van der Waals surface area (Å²) in [5.41, 5.74) is 12.4. The number of amides is 2. The van der Waals surface area contributed by atoms with Crippen molar-refractivity contribution in [2.75, 3.05) is 52.0 Å². The van der Waals surface area contributed by atoms with Crippen molar-refractivity contribution in [1.29, 1.82) is 0 Å². The van der Waals surface area contributed by atoms with Crippen molar-refractivity contribution in [2.45, 2.75) is 18.9 Å². The summed E-state index contributed by atoms with van der Waals surface area (Å²) in [4.78, 5) is 23.8. The van der Waals surface area contributed by atoms with E-state index in [9.17, 15) is 4.79 Å². The Bertz CT molecular complexity index is 1680. The van der Waals surface area contributed by atoms with Crippen LogP contribution in [-0.4, -0.2) is 91.4 Å². The first-order valence-electron chi connectivity index (χ1n) is 13.9. The summed E-state index contributed by atoms with van der Waals surface area (Å²) in [7, 11) is 2.10. The Balaban J connectivity index is 1.19. The zero-order chi connectivity index (χ0) is 27.2. The third-order valence-electron chi connectivity index (χ3n) is 8.31. The number of nitrogens with zero attached hydrogens (tertiary/aromatic N) is 8. The molecule has 0 aliphatic carbocycles. The minimum Gasteiger partial charge on any atom is -0.382 e. The van der Waals surface area contributed by atoms with E-state index < -0.39 is 0 Å². The second-order valence-electron chi connectivity index (χ2n) is 11.0. The topological polar surface area (TPSA) is 101 Å². The molecule has 2 amide bonds. The number of fused-ring (bicyclic) bond motifs is 2. The number of nitrogen functional groups attached to an aromatic ring is 1.